The molecule has 0 fully saturated rings. The van der Waals surface area contributed by atoms with Crippen molar-refractivity contribution in [2.24, 2.45) is 0 Å². The van der Waals surface area contributed by atoms with Crippen LogP contribution in [-0.2, 0) is 16.1 Å². The minimum atomic E-state index is -0.614. The summed E-state index contributed by atoms with van der Waals surface area (Å²) in [5, 5.41) is 5.51. The zero-order valence-corrected chi connectivity index (χ0v) is 15.8. The normalized spacial score (nSPS) is 12.9. The van der Waals surface area contributed by atoms with Crippen molar-refractivity contribution in [1.29, 1.82) is 0 Å². The summed E-state index contributed by atoms with van der Waals surface area (Å²) in [6.07, 6.45) is 0.874. The van der Waals surface area contributed by atoms with E-state index in [1.54, 1.807) is 6.92 Å². The van der Waals surface area contributed by atoms with Crippen molar-refractivity contribution >= 4 is 11.8 Å². The zero-order chi connectivity index (χ0) is 19.8. The Kier molecular flexibility index (Phi) is 6.73. The number of benzene rings is 2. The quantitative estimate of drug-likeness (QED) is 0.649. The lowest BCUT2D eigenvalue weighted by Crippen LogP contribution is -2.44. The maximum absolute atomic E-state index is 12.2. The number of ether oxygens (including phenoxy) is 3. The van der Waals surface area contributed by atoms with Crippen LogP contribution in [0.3, 0.4) is 0 Å². The first-order valence-corrected chi connectivity index (χ1v) is 9.25. The van der Waals surface area contributed by atoms with Gasteiger partial charge >= 0.3 is 0 Å². The molecule has 1 atom stereocenters. The molecule has 0 unspecified atom stereocenters. The summed E-state index contributed by atoms with van der Waals surface area (Å²) in [7, 11) is 0. The van der Waals surface area contributed by atoms with E-state index < -0.39 is 6.04 Å². The molecule has 0 radical (unpaired) electrons. The van der Waals surface area contributed by atoms with Crippen LogP contribution in [-0.4, -0.2) is 31.3 Å². The molecule has 148 valence electrons. The number of fused-ring (bicyclic) bond motifs is 1. The van der Waals surface area contributed by atoms with Gasteiger partial charge in [0, 0.05) is 13.0 Å². The van der Waals surface area contributed by atoms with Gasteiger partial charge in [-0.25, -0.2) is 0 Å². The fourth-order valence-corrected chi connectivity index (χ4v) is 2.71. The standard InChI is InChI=1S/C21H24N2O5/c1-15(23-20(24)8-5-11-26-17-6-3-2-4-7-17)21(25)22-13-16-9-10-18-19(12-16)28-14-27-18/h2-4,6-7,9-10,12,15H,5,8,11,13-14H2,1H3,(H,22,25)(H,23,24)/t15-/m0/s1. The maximum atomic E-state index is 12.2. The molecule has 0 spiro atoms. The molecular weight excluding hydrogens is 360 g/mol. The van der Waals surface area contributed by atoms with Gasteiger partial charge in [-0.15, -0.1) is 0 Å². The summed E-state index contributed by atoms with van der Waals surface area (Å²) in [5.41, 5.74) is 0.897. The van der Waals surface area contributed by atoms with Crippen LogP contribution in [0.15, 0.2) is 48.5 Å². The van der Waals surface area contributed by atoms with E-state index in [4.69, 9.17) is 14.2 Å². The molecule has 1 aliphatic rings. The molecule has 0 bridgehead atoms. The number of hydrogen-bond acceptors (Lipinski definition) is 5. The second-order valence-corrected chi connectivity index (χ2v) is 6.46. The topological polar surface area (TPSA) is 85.9 Å². The van der Waals surface area contributed by atoms with E-state index in [2.05, 4.69) is 10.6 Å². The van der Waals surface area contributed by atoms with E-state index in [-0.39, 0.29) is 18.6 Å². The molecule has 0 aliphatic carbocycles. The van der Waals surface area contributed by atoms with Crippen molar-refractivity contribution in [3.63, 3.8) is 0 Å². The van der Waals surface area contributed by atoms with Crippen LogP contribution >= 0.6 is 0 Å². The van der Waals surface area contributed by atoms with Crippen LogP contribution in [0.25, 0.3) is 0 Å². The Morgan fingerprint density at radius 1 is 1.11 bits per heavy atom. The van der Waals surface area contributed by atoms with Gasteiger partial charge in [0.1, 0.15) is 11.8 Å². The van der Waals surface area contributed by atoms with Crippen molar-refractivity contribution in [1.82, 2.24) is 10.6 Å². The van der Waals surface area contributed by atoms with E-state index in [0.29, 0.717) is 37.5 Å². The molecule has 28 heavy (non-hydrogen) atoms. The smallest absolute Gasteiger partial charge is 0.242 e. The van der Waals surface area contributed by atoms with E-state index >= 15 is 0 Å². The van der Waals surface area contributed by atoms with Gasteiger partial charge in [0.2, 0.25) is 18.6 Å². The fourth-order valence-electron chi connectivity index (χ4n) is 2.71. The lowest BCUT2D eigenvalue weighted by Gasteiger charge is -2.14. The summed E-state index contributed by atoms with van der Waals surface area (Å²) < 4.78 is 16.1. The van der Waals surface area contributed by atoms with E-state index in [1.807, 2.05) is 48.5 Å². The zero-order valence-electron chi connectivity index (χ0n) is 15.8. The first kappa shape index (κ1) is 19.5. The number of nitrogens with one attached hydrogen (secondary N) is 2. The van der Waals surface area contributed by atoms with Crippen LogP contribution < -0.4 is 24.8 Å². The van der Waals surface area contributed by atoms with Crippen LogP contribution in [0, 0.1) is 0 Å². The van der Waals surface area contributed by atoms with Gasteiger partial charge in [-0.1, -0.05) is 24.3 Å². The number of amides is 2. The monoisotopic (exact) mass is 384 g/mol. The number of carbonyl (C=O) groups is 2. The second-order valence-electron chi connectivity index (χ2n) is 6.46. The van der Waals surface area contributed by atoms with Gasteiger partial charge in [-0.2, -0.15) is 0 Å². The van der Waals surface area contributed by atoms with Gasteiger partial charge in [0.05, 0.1) is 6.61 Å². The molecule has 2 aromatic carbocycles. The second kappa shape index (κ2) is 9.64. The Labute approximate surface area is 164 Å². The molecule has 0 saturated heterocycles. The summed E-state index contributed by atoms with van der Waals surface area (Å²) in [4.78, 5) is 24.2. The molecule has 2 amide bonds. The van der Waals surface area contributed by atoms with Gasteiger partial charge in [0.15, 0.2) is 11.5 Å². The van der Waals surface area contributed by atoms with Gasteiger partial charge in [0.25, 0.3) is 0 Å². The number of rotatable bonds is 9. The van der Waals surface area contributed by atoms with Gasteiger partial charge in [-0.3, -0.25) is 9.59 Å². The Bertz CT molecular complexity index is 810. The minimum absolute atomic E-state index is 0.178. The highest BCUT2D eigenvalue weighted by Gasteiger charge is 2.16. The van der Waals surface area contributed by atoms with Gasteiger partial charge in [-0.05, 0) is 43.2 Å². The first-order valence-electron chi connectivity index (χ1n) is 9.25. The third-order valence-electron chi connectivity index (χ3n) is 4.23. The first-order chi connectivity index (χ1) is 13.6. The Hall–Kier alpha value is -3.22. The highest BCUT2D eigenvalue weighted by Crippen LogP contribution is 2.32. The molecular formula is C21H24N2O5. The van der Waals surface area contributed by atoms with Crippen molar-refractivity contribution in [3.8, 4) is 17.2 Å². The van der Waals surface area contributed by atoms with Crippen LogP contribution in [0.4, 0.5) is 0 Å². The highest BCUT2D eigenvalue weighted by molar-refractivity contribution is 5.87. The number of hydrogen-bond donors (Lipinski definition) is 2. The van der Waals surface area contributed by atoms with Crippen molar-refractivity contribution < 1.29 is 23.8 Å². The lowest BCUT2D eigenvalue weighted by molar-refractivity contribution is -0.128. The SMILES string of the molecule is C[C@H](NC(=O)CCCOc1ccccc1)C(=O)NCc1ccc2c(c1)OCO2. The molecule has 2 N–H and O–H groups in total. The average Bonchev–Trinajstić information content (AvgIpc) is 3.18. The Balaban J connectivity index is 1.33. The fraction of sp³-hybridized carbons (Fsp3) is 0.333. The lowest BCUT2D eigenvalue weighted by atomic mass is 10.2. The predicted octanol–water partition coefficient (Wildman–Crippen LogP) is 2.40. The third-order valence-corrected chi connectivity index (χ3v) is 4.23. The van der Waals surface area contributed by atoms with Crippen molar-refractivity contribution in [2.75, 3.05) is 13.4 Å². The molecule has 0 aromatic heterocycles. The molecule has 1 heterocycles. The Morgan fingerprint density at radius 2 is 1.89 bits per heavy atom. The van der Waals surface area contributed by atoms with E-state index in [9.17, 15) is 9.59 Å². The number of carbonyl (C=O) groups excluding carboxylic acids is 2. The summed E-state index contributed by atoms with van der Waals surface area (Å²) in [5.74, 6) is 1.73. The molecule has 1 aliphatic heterocycles. The van der Waals surface area contributed by atoms with Crippen LogP contribution in [0.1, 0.15) is 25.3 Å². The largest absolute Gasteiger partial charge is 0.494 e. The Morgan fingerprint density at radius 3 is 2.71 bits per heavy atom. The summed E-state index contributed by atoms with van der Waals surface area (Å²) in [6, 6.07) is 14.3. The predicted molar refractivity (Wildman–Crippen MR) is 103 cm³/mol. The molecule has 2 aromatic rings. The minimum Gasteiger partial charge on any atom is -0.494 e. The molecule has 3 rings (SSSR count). The number of para-hydroxylation sites is 1. The average molecular weight is 384 g/mol. The summed E-state index contributed by atoms with van der Waals surface area (Å²) >= 11 is 0. The van der Waals surface area contributed by atoms with Crippen LogP contribution in [0.5, 0.6) is 17.2 Å². The van der Waals surface area contributed by atoms with Gasteiger partial charge < -0.3 is 24.8 Å². The molecule has 7 nitrogen and oxygen atoms in total. The van der Waals surface area contributed by atoms with E-state index in [1.165, 1.54) is 0 Å². The maximum Gasteiger partial charge on any atom is 0.242 e. The third kappa shape index (κ3) is 5.64. The van der Waals surface area contributed by atoms with E-state index in [0.717, 1.165) is 11.3 Å². The summed E-state index contributed by atoms with van der Waals surface area (Å²) in [6.45, 7) is 2.67. The van der Waals surface area contributed by atoms with Crippen molar-refractivity contribution in [2.45, 2.75) is 32.4 Å². The highest BCUT2D eigenvalue weighted by atomic mass is 16.7. The van der Waals surface area contributed by atoms with Crippen molar-refractivity contribution in [3.05, 3.63) is 54.1 Å². The molecule has 7 heteroatoms. The van der Waals surface area contributed by atoms with Crippen LogP contribution in [0.2, 0.25) is 0 Å². The molecule has 0 saturated carbocycles.